The highest BCUT2D eigenvalue weighted by Crippen LogP contribution is 2.26. The summed E-state index contributed by atoms with van der Waals surface area (Å²) in [5.74, 6) is 1.09. The average Bonchev–Trinajstić information content (AvgIpc) is 2.81. The minimum atomic E-state index is -0.287. The van der Waals surface area contributed by atoms with E-state index in [9.17, 15) is 4.39 Å². The third kappa shape index (κ3) is 3.49. The molecule has 1 aromatic heterocycles. The third-order valence-corrected chi connectivity index (χ3v) is 3.07. The van der Waals surface area contributed by atoms with Gasteiger partial charge >= 0.3 is 0 Å². The predicted octanol–water partition coefficient (Wildman–Crippen LogP) is 3.93. The number of hydrogen-bond acceptors (Lipinski definition) is 3. The number of hydrogen-bond donors (Lipinski definition) is 1. The van der Waals surface area contributed by atoms with E-state index in [1.54, 1.807) is 25.3 Å². The summed E-state index contributed by atoms with van der Waals surface area (Å²) in [7, 11) is 1.57. The Balaban J connectivity index is 2.06. The van der Waals surface area contributed by atoms with Gasteiger partial charge in [0.2, 0.25) is 0 Å². The first-order valence-electron chi connectivity index (χ1n) is 5.91. The van der Waals surface area contributed by atoms with E-state index in [2.05, 4.69) is 5.32 Å². The summed E-state index contributed by atoms with van der Waals surface area (Å²) >= 11 is 5.70. The number of nitrogens with one attached hydrogen (secondary N) is 1. The second-order valence-electron chi connectivity index (χ2n) is 4.19. The second kappa shape index (κ2) is 6.08. The zero-order valence-corrected chi connectivity index (χ0v) is 11.5. The topological polar surface area (TPSA) is 34.4 Å². The molecule has 1 aromatic carbocycles. The molecule has 1 N–H and O–H groups in total. The molecular weight excluding hydrogens is 269 g/mol. The zero-order chi connectivity index (χ0) is 13.8. The van der Waals surface area contributed by atoms with E-state index in [1.165, 1.54) is 12.1 Å². The molecule has 1 unspecified atom stereocenters. The van der Waals surface area contributed by atoms with Crippen LogP contribution >= 0.6 is 11.6 Å². The summed E-state index contributed by atoms with van der Waals surface area (Å²) in [6.07, 6.45) is 0. The van der Waals surface area contributed by atoms with Gasteiger partial charge in [-0.15, -0.1) is 0 Å². The molecule has 0 radical (unpaired) electrons. The Bertz CT molecular complexity index is 556. The molecule has 1 heterocycles. The Morgan fingerprint density at radius 2 is 2.16 bits per heavy atom. The Morgan fingerprint density at radius 1 is 1.37 bits per heavy atom. The average molecular weight is 284 g/mol. The van der Waals surface area contributed by atoms with Crippen molar-refractivity contribution in [1.29, 1.82) is 0 Å². The van der Waals surface area contributed by atoms with Crippen molar-refractivity contribution in [2.45, 2.75) is 19.5 Å². The first kappa shape index (κ1) is 13.9. The number of ether oxygens (including phenoxy) is 1. The standard InChI is InChI=1S/C14H15ClFNO2/c1-9(17-8-11-4-6-14(15)19-11)12-7-10(16)3-5-13(12)18-2/h3-7,9,17H,8H2,1-2H3. The van der Waals surface area contributed by atoms with Gasteiger partial charge < -0.3 is 14.5 Å². The van der Waals surface area contributed by atoms with Crippen molar-refractivity contribution in [3.63, 3.8) is 0 Å². The van der Waals surface area contributed by atoms with Gasteiger partial charge in [0, 0.05) is 11.6 Å². The second-order valence-corrected chi connectivity index (χ2v) is 4.57. The first-order valence-corrected chi connectivity index (χ1v) is 6.29. The lowest BCUT2D eigenvalue weighted by Gasteiger charge is -2.16. The quantitative estimate of drug-likeness (QED) is 0.903. The maximum Gasteiger partial charge on any atom is 0.193 e. The third-order valence-electron chi connectivity index (χ3n) is 2.87. The van der Waals surface area contributed by atoms with Crippen molar-refractivity contribution in [2.75, 3.05) is 7.11 Å². The van der Waals surface area contributed by atoms with Crippen molar-refractivity contribution in [2.24, 2.45) is 0 Å². The van der Waals surface area contributed by atoms with E-state index in [0.29, 0.717) is 17.5 Å². The van der Waals surface area contributed by atoms with Crippen LogP contribution in [-0.2, 0) is 6.54 Å². The molecular formula is C14H15ClFNO2. The van der Waals surface area contributed by atoms with Crippen LogP contribution < -0.4 is 10.1 Å². The molecule has 2 rings (SSSR count). The maximum atomic E-state index is 13.3. The van der Waals surface area contributed by atoms with Crippen LogP contribution in [0.4, 0.5) is 4.39 Å². The van der Waals surface area contributed by atoms with Crippen LogP contribution in [0.3, 0.4) is 0 Å². The summed E-state index contributed by atoms with van der Waals surface area (Å²) in [6, 6.07) is 7.87. The fourth-order valence-electron chi connectivity index (χ4n) is 1.85. The number of furan rings is 1. The van der Waals surface area contributed by atoms with Crippen molar-refractivity contribution >= 4 is 11.6 Å². The highest BCUT2D eigenvalue weighted by Gasteiger charge is 2.12. The smallest absolute Gasteiger partial charge is 0.193 e. The van der Waals surface area contributed by atoms with Crippen molar-refractivity contribution < 1.29 is 13.5 Å². The van der Waals surface area contributed by atoms with E-state index in [1.807, 2.05) is 6.92 Å². The van der Waals surface area contributed by atoms with Gasteiger partial charge in [-0.3, -0.25) is 0 Å². The maximum absolute atomic E-state index is 13.3. The van der Waals surface area contributed by atoms with Crippen LogP contribution in [0, 0.1) is 5.82 Å². The van der Waals surface area contributed by atoms with Crippen molar-refractivity contribution in [3.05, 3.63) is 52.7 Å². The van der Waals surface area contributed by atoms with E-state index < -0.39 is 0 Å². The van der Waals surface area contributed by atoms with Gasteiger partial charge in [0.05, 0.1) is 13.7 Å². The highest BCUT2D eigenvalue weighted by molar-refractivity contribution is 6.28. The molecule has 0 fully saturated rings. The van der Waals surface area contributed by atoms with Gasteiger partial charge in [0.1, 0.15) is 17.3 Å². The zero-order valence-electron chi connectivity index (χ0n) is 10.7. The van der Waals surface area contributed by atoms with E-state index in [-0.39, 0.29) is 11.9 Å². The molecule has 102 valence electrons. The summed E-state index contributed by atoms with van der Waals surface area (Å²) in [4.78, 5) is 0. The van der Waals surface area contributed by atoms with Crippen LogP contribution in [0.15, 0.2) is 34.7 Å². The van der Waals surface area contributed by atoms with Crippen LogP contribution in [-0.4, -0.2) is 7.11 Å². The number of rotatable bonds is 5. The van der Waals surface area contributed by atoms with Crippen LogP contribution in [0.25, 0.3) is 0 Å². The van der Waals surface area contributed by atoms with Gasteiger partial charge in [0.15, 0.2) is 5.22 Å². The summed E-state index contributed by atoms with van der Waals surface area (Å²) in [5.41, 5.74) is 0.764. The van der Waals surface area contributed by atoms with Crippen LogP contribution in [0.1, 0.15) is 24.3 Å². The van der Waals surface area contributed by atoms with Gasteiger partial charge in [-0.05, 0) is 48.9 Å². The Kier molecular flexibility index (Phi) is 4.45. The molecule has 1 atom stereocenters. The van der Waals surface area contributed by atoms with Crippen molar-refractivity contribution in [1.82, 2.24) is 5.32 Å². The molecule has 5 heteroatoms. The summed E-state index contributed by atoms with van der Waals surface area (Å²) < 4.78 is 23.8. The lowest BCUT2D eigenvalue weighted by Crippen LogP contribution is -2.18. The molecule has 0 aliphatic carbocycles. The lowest BCUT2D eigenvalue weighted by atomic mass is 10.1. The predicted molar refractivity (Wildman–Crippen MR) is 71.9 cm³/mol. The van der Waals surface area contributed by atoms with Crippen LogP contribution in [0.5, 0.6) is 5.75 Å². The van der Waals surface area contributed by atoms with Gasteiger partial charge in [-0.25, -0.2) is 4.39 Å². The van der Waals surface area contributed by atoms with E-state index in [0.717, 1.165) is 11.3 Å². The Hall–Kier alpha value is -1.52. The summed E-state index contributed by atoms with van der Waals surface area (Å²) in [6.45, 7) is 2.44. The monoisotopic (exact) mass is 283 g/mol. The molecule has 0 saturated carbocycles. The highest BCUT2D eigenvalue weighted by atomic mass is 35.5. The number of methoxy groups -OCH3 is 1. The number of halogens is 2. The van der Waals surface area contributed by atoms with E-state index in [4.69, 9.17) is 20.8 Å². The molecule has 3 nitrogen and oxygen atoms in total. The molecule has 0 aliphatic heterocycles. The molecule has 0 amide bonds. The van der Waals surface area contributed by atoms with Gasteiger partial charge in [-0.2, -0.15) is 0 Å². The lowest BCUT2D eigenvalue weighted by molar-refractivity contribution is 0.396. The van der Waals surface area contributed by atoms with E-state index >= 15 is 0 Å². The summed E-state index contributed by atoms with van der Waals surface area (Å²) in [5, 5.41) is 3.59. The molecule has 19 heavy (non-hydrogen) atoms. The Morgan fingerprint density at radius 3 is 2.79 bits per heavy atom. The number of benzene rings is 1. The normalized spacial score (nSPS) is 12.4. The minimum absolute atomic E-state index is 0.0745. The molecule has 0 saturated heterocycles. The fraction of sp³-hybridized carbons (Fsp3) is 0.286. The first-order chi connectivity index (χ1) is 9.10. The fourth-order valence-corrected chi connectivity index (χ4v) is 2.02. The largest absolute Gasteiger partial charge is 0.496 e. The van der Waals surface area contributed by atoms with Crippen LogP contribution in [0.2, 0.25) is 5.22 Å². The minimum Gasteiger partial charge on any atom is -0.496 e. The molecule has 0 spiro atoms. The van der Waals surface area contributed by atoms with Gasteiger partial charge in [0.25, 0.3) is 0 Å². The molecule has 2 aromatic rings. The Labute approximate surface area is 116 Å². The SMILES string of the molecule is COc1ccc(F)cc1C(C)NCc1ccc(Cl)o1. The van der Waals surface area contributed by atoms with Crippen molar-refractivity contribution in [3.8, 4) is 5.75 Å². The molecule has 0 aliphatic rings. The molecule has 0 bridgehead atoms. The van der Waals surface area contributed by atoms with Gasteiger partial charge in [-0.1, -0.05) is 0 Å².